The number of hydrogen-bond acceptors (Lipinski definition) is 6. The molecule has 4 N–H and O–H groups in total. The Morgan fingerprint density at radius 1 is 1.15 bits per heavy atom. The van der Waals surface area contributed by atoms with Gasteiger partial charge >= 0.3 is 6.18 Å². The van der Waals surface area contributed by atoms with Gasteiger partial charge < -0.3 is 21.1 Å². The van der Waals surface area contributed by atoms with E-state index in [1.807, 2.05) is 19.1 Å². The summed E-state index contributed by atoms with van der Waals surface area (Å²) in [6, 6.07) is 0. The van der Waals surface area contributed by atoms with Crippen molar-refractivity contribution in [3.8, 4) is 0 Å². The van der Waals surface area contributed by atoms with Crippen molar-refractivity contribution in [2.45, 2.75) is 90.8 Å². The predicted octanol–water partition coefficient (Wildman–Crippen LogP) is 3.79. The second kappa shape index (κ2) is 15.5. The van der Waals surface area contributed by atoms with E-state index in [-0.39, 0.29) is 23.7 Å². The maximum Gasteiger partial charge on any atom is 0.430 e. The fraction of sp³-hybridized carbons (Fsp3) is 0.607. The SMILES string of the molecule is [B]C([B])([B])N(C)/C=C(\C=C\CC)C[C@@H](C)C(=O)NC(C)(C)CN=C(/C=C(\N)C(F)(F)F)/C(C)=C/N=C(C)C(C)(C)O. The van der Waals surface area contributed by atoms with Gasteiger partial charge in [-0.15, -0.1) is 0 Å². The summed E-state index contributed by atoms with van der Waals surface area (Å²) in [5, 5.41) is 11.4. The van der Waals surface area contributed by atoms with Crippen LogP contribution in [0.1, 0.15) is 68.2 Å². The first-order chi connectivity index (χ1) is 18.4. The number of halogens is 3. The van der Waals surface area contributed by atoms with Crippen molar-refractivity contribution in [2.75, 3.05) is 13.6 Å². The molecule has 0 unspecified atom stereocenters. The number of carbonyl (C=O) groups excluding carboxylic acids is 1. The van der Waals surface area contributed by atoms with Crippen LogP contribution in [0.25, 0.3) is 0 Å². The second-order valence-electron chi connectivity index (χ2n) is 11.4. The number of amides is 1. The highest BCUT2D eigenvalue weighted by atomic mass is 19.4. The van der Waals surface area contributed by atoms with Crippen LogP contribution < -0.4 is 11.1 Å². The van der Waals surface area contributed by atoms with Crippen LogP contribution >= 0.6 is 0 Å². The van der Waals surface area contributed by atoms with Gasteiger partial charge in [-0.25, -0.2) is 0 Å². The maximum atomic E-state index is 13.2. The Morgan fingerprint density at radius 3 is 2.17 bits per heavy atom. The van der Waals surface area contributed by atoms with Crippen LogP contribution in [-0.2, 0) is 4.79 Å². The number of carbonyl (C=O) groups is 1. The fourth-order valence-corrected chi connectivity index (χ4v) is 2.95. The van der Waals surface area contributed by atoms with E-state index in [0.29, 0.717) is 12.1 Å². The van der Waals surface area contributed by atoms with Gasteiger partial charge in [-0.05, 0) is 71.6 Å². The minimum atomic E-state index is -4.75. The summed E-state index contributed by atoms with van der Waals surface area (Å²) in [6.07, 6.45) is 3.87. The Kier molecular flexibility index (Phi) is 14.5. The molecule has 1 atom stereocenters. The molecule has 41 heavy (non-hydrogen) atoms. The summed E-state index contributed by atoms with van der Waals surface area (Å²) in [7, 11) is 18.8. The largest absolute Gasteiger partial charge is 0.430 e. The van der Waals surface area contributed by atoms with Gasteiger partial charge in [0, 0.05) is 31.1 Å². The topological polar surface area (TPSA) is 103 Å². The maximum absolute atomic E-state index is 13.2. The van der Waals surface area contributed by atoms with Gasteiger partial charge in [0.25, 0.3) is 0 Å². The summed E-state index contributed by atoms with van der Waals surface area (Å²) in [5.41, 5.74) is 3.15. The summed E-state index contributed by atoms with van der Waals surface area (Å²) >= 11 is 0. The lowest BCUT2D eigenvalue weighted by molar-refractivity contribution is -0.126. The van der Waals surface area contributed by atoms with Crippen molar-refractivity contribution in [3.05, 3.63) is 47.5 Å². The first-order valence-electron chi connectivity index (χ1n) is 13.2. The number of allylic oxidation sites excluding steroid dienone is 6. The molecular weight excluding hydrogens is 528 g/mol. The highest BCUT2D eigenvalue weighted by Crippen LogP contribution is 2.22. The molecule has 7 nitrogen and oxygen atoms in total. The summed E-state index contributed by atoms with van der Waals surface area (Å²) < 4.78 is 39.6. The smallest absolute Gasteiger partial charge is 0.400 e. The summed E-state index contributed by atoms with van der Waals surface area (Å²) in [6.45, 7) is 13.3. The first kappa shape index (κ1) is 38.3. The first-order valence-corrected chi connectivity index (χ1v) is 13.2. The molecule has 0 aromatic heterocycles. The third-order valence-electron chi connectivity index (χ3n) is 5.99. The average molecular weight is 571 g/mol. The Morgan fingerprint density at radius 2 is 1.71 bits per heavy atom. The zero-order valence-electron chi connectivity index (χ0n) is 25.7. The van der Waals surface area contributed by atoms with Crippen LogP contribution in [0.5, 0.6) is 0 Å². The predicted molar refractivity (Wildman–Crippen MR) is 165 cm³/mol. The summed E-state index contributed by atoms with van der Waals surface area (Å²) in [5.74, 6) is -0.768. The van der Waals surface area contributed by atoms with Crippen molar-refractivity contribution < 1.29 is 23.1 Å². The van der Waals surface area contributed by atoms with Crippen LogP contribution in [0.4, 0.5) is 13.2 Å². The Labute approximate surface area is 247 Å². The van der Waals surface area contributed by atoms with Gasteiger partial charge in [0.2, 0.25) is 5.91 Å². The number of rotatable bonds is 14. The molecule has 6 radical (unpaired) electrons. The standard InChI is InChI=1S/C28H43B3F3N5O2/c1-10-11-12-21(16-39(9)28(29,30)31)13-18(2)24(40)38-25(5,6)17-37-22(14-23(35)27(32,33)34)19(3)15-36-20(4)26(7,8)41/h11-12,14-16,18,41H,10,13,17,35H2,1-9H3,(H,38,40)/b12-11+,19-15+,21-16+,23-14-,36-20?,37-22?/t18-/m1/s1. The number of hydrogen-bond donors (Lipinski definition) is 3. The van der Waals surface area contributed by atoms with Gasteiger partial charge in [0.15, 0.2) is 0 Å². The van der Waals surface area contributed by atoms with Crippen molar-refractivity contribution >= 4 is 40.9 Å². The van der Waals surface area contributed by atoms with Gasteiger partial charge in [0.1, 0.15) is 5.70 Å². The van der Waals surface area contributed by atoms with Crippen molar-refractivity contribution in [2.24, 2.45) is 21.6 Å². The number of alkyl halides is 3. The molecule has 0 fully saturated rings. The average Bonchev–Trinajstić information content (AvgIpc) is 2.80. The number of nitrogens with two attached hydrogens (primary N) is 1. The Hall–Kier alpha value is -2.69. The quantitative estimate of drug-likeness (QED) is 0.168. The van der Waals surface area contributed by atoms with Crippen LogP contribution in [0.3, 0.4) is 0 Å². The minimum Gasteiger partial charge on any atom is -0.400 e. The van der Waals surface area contributed by atoms with Crippen molar-refractivity contribution in [1.82, 2.24) is 10.2 Å². The molecule has 0 bridgehead atoms. The molecule has 0 rings (SSSR count). The van der Waals surface area contributed by atoms with E-state index in [1.165, 1.54) is 31.9 Å². The van der Waals surface area contributed by atoms with Crippen LogP contribution in [0.15, 0.2) is 57.5 Å². The molecule has 0 spiro atoms. The third kappa shape index (κ3) is 15.2. The molecule has 0 saturated carbocycles. The minimum absolute atomic E-state index is 0.0565. The van der Waals surface area contributed by atoms with E-state index < -0.39 is 34.2 Å². The number of nitrogens with zero attached hydrogens (tertiary/aromatic N) is 3. The molecule has 0 aliphatic rings. The van der Waals surface area contributed by atoms with E-state index in [9.17, 15) is 23.1 Å². The lowest BCUT2D eigenvalue weighted by Gasteiger charge is -2.33. The Balaban J connectivity index is 6.04. The number of nitrogens with one attached hydrogen (secondary N) is 1. The molecule has 0 aromatic carbocycles. The molecule has 1 amide bonds. The summed E-state index contributed by atoms with van der Waals surface area (Å²) in [4.78, 5) is 23.0. The van der Waals surface area contributed by atoms with Gasteiger partial charge in [-0.1, -0.05) is 31.2 Å². The van der Waals surface area contributed by atoms with Crippen LogP contribution in [0, 0.1) is 5.92 Å². The van der Waals surface area contributed by atoms with E-state index in [1.54, 1.807) is 40.9 Å². The molecule has 0 aliphatic heterocycles. The van der Waals surface area contributed by atoms with E-state index in [4.69, 9.17) is 29.3 Å². The molecule has 0 aromatic rings. The molecular formula is C28H43B3F3N5O2. The van der Waals surface area contributed by atoms with Crippen molar-refractivity contribution in [1.29, 1.82) is 0 Å². The third-order valence-corrected chi connectivity index (χ3v) is 5.99. The van der Waals surface area contributed by atoms with Gasteiger partial charge in [0.05, 0.1) is 46.9 Å². The molecule has 222 valence electrons. The normalized spacial score (nSPS) is 16.3. The second-order valence-corrected chi connectivity index (χ2v) is 11.4. The zero-order valence-corrected chi connectivity index (χ0v) is 25.7. The lowest BCUT2D eigenvalue weighted by Crippen LogP contribution is -2.48. The fourth-order valence-electron chi connectivity index (χ4n) is 2.95. The van der Waals surface area contributed by atoms with Crippen molar-refractivity contribution in [3.63, 3.8) is 0 Å². The van der Waals surface area contributed by atoms with Gasteiger partial charge in [-0.3, -0.25) is 14.8 Å². The zero-order chi connectivity index (χ0) is 32.4. The lowest BCUT2D eigenvalue weighted by atomic mass is 9.48. The molecule has 0 heterocycles. The number of aliphatic hydroxyl groups is 1. The van der Waals surface area contributed by atoms with Crippen LogP contribution in [-0.4, -0.2) is 87.0 Å². The highest BCUT2D eigenvalue weighted by molar-refractivity contribution is 6.59. The Bertz CT molecular complexity index is 1080. The number of aliphatic imine (C=N–C) groups is 2. The van der Waals surface area contributed by atoms with E-state index in [0.717, 1.165) is 18.1 Å². The van der Waals surface area contributed by atoms with E-state index >= 15 is 0 Å². The highest BCUT2D eigenvalue weighted by Gasteiger charge is 2.32. The van der Waals surface area contributed by atoms with Crippen LogP contribution in [0.2, 0.25) is 0 Å². The molecule has 13 heteroatoms. The molecule has 0 saturated heterocycles. The van der Waals surface area contributed by atoms with Gasteiger partial charge in [-0.2, -0.15) is 13.2 Å². The van der Waals surface area contributed by atoms with E-state index in [2.05, 4.69) is 15.3 Å². The monoisotopic (exact) mass is 571 g/mol. The molecule has 0 aliphatic carbocycles.